The maximum absolute atomic E-state index is 12.2. The second kappa shape index (κ2) is 6.91. The monoisotopic (exact) mass is 305 g/mol. The molecule has 3 heterocycles. The van der Waals surface area contributed by atoms with Gasteiger partial charge < -0.3 is 20.2 Å². The topological polar surface area (TPSA) is 81.6 Å². The summed E-state index contributed by atoms with van der Waals surface area (Å²) in [7, 11) is 0. The van der Waals surface area contributed by atoms with E-state index in [2.05, 4.69) is 20.2 Å². The van der Waals surface area contributed by atoms with E-state index in [9.17, 15) is 9.90 Å². The number of aliphatic hydroxyl groups is 1. The van der Waals surface area contributed by atoms with E-state index in [1.165, 1.54) is 0 Å². The Balaban J connectivity index is 1.45. The number of amides is 2. The fourth-order valence-electron chi connectivity index (χ4n) is 3.01. The van der Waals surface area contributed by atoms with Gasteiger partial charge in [-0.1, -0.05) is 0 Å². The number of rotatable bonds is 2. The van der Waals surface area contributed by atoms with E-state index in [1.807, 2.05) is 6.07 Å². The number of aromatic nitrogens is 2. The van der Waals surface area contributed by atoms with Gasteiger partial charge in [-0.05, 0) is 31.7 Å². The van der Waals surface area contributed by atoms with Gasteiger partial charge >= 0.3 is 6.03 Å². The van der Waals surface area contributed by atoms with Crippen LogP contribution in [0.5, 0.6) is 0 Å². The number of likely N-dealkylation sites (tertiary alicyclic amines) is 1. The number of hydrogen-bond acceptors (Lipinski definition) is 5. The zero-order chi connectivity index (χ0) is 15.4. The molecule has 3 rings (SSSR count). The Morgan fingerprint density at radius 3 is 2.36 bits per heavy atom. The lowest BCUT2D eigenvalue weighted by Gasteiger charge is -2.35. The minimum absolute atomic E-state index is 0.00121. The van der Waals surface area contributed by atoms with Gasteiger partial charge in [-0.3, -0.25) is 0 Å². The summed E-state index contributed by atoms with van der Waals surface area (Å²) >= 11 is 0. The third kappa shape index (κ3) is 3.65. The van der Waals surface area contributed by atoms with E-state index < -0.39 is 0 Å². The molecular formula is C15H23N5O2. The number of carbonyl (C=O) groups is 1. The normalized spacial score (nSPS) is 21.0. The van der Waals surface area contributed by atoms with Crippen LogP contribution >= 0.6 is 0 Å². The molecular weight excluding hydrogens is 282 g/mol. The molecule has 0 saturated carbocycles. The van der Waals surface area contributed by atoms with Crippen molar-refractivity contribution in [3.63, 3.8) is 0 Å². The molecule has 22 heavy (non-hydrogen) atoms. The molecule has 0 aromatic carbocycles. The molecule has 7 nitrogen and oxygen atoms in total. The summed E-state index contributed by atoms with van der Waals surface area (Å²) < 4.78 is 0. The standard InChI is InChI=1S/C15H23N5O2/c21-13-4-10-20(11-5-13)15(22)18-12-2-8-19(9-3-12)14-16-6-1-7-17-14/h1,6-7,12-13,21H,2-5,8-11H2,(H,18,22). The molecule has 1 aromatic rings. The van der Waals surface area contributed by atoms with Crippen LogP contribution in [0.25, 0.3) is 0 Å². The van der Waals surface area contributed by atoms with Gasteiger partial charge in [0.25, 0.3) is 0 Å². The van der Waals surface area contributed by atoms with Gasteiger partial charge in [0, 0.05) is 44.6 Å². The third-order valence-corrected chi connectivity index (χ3v) is 4.41. The lowest BCUT2D eigenvalue weighted by Crippen LogP contribution is -2.51. The van der Waals surface area contributed by atoms with Gasteiger partial charge in [-0.25, -0.2) is 14.8 Å². The van der Waals surface area contributed by atoms with Gasteiger partial charge in [0.1, 0.15) is 0 Å². The van der Waals surface area contributed by atoms with Crippen molar-refractivity contribution in [1.29, 1.82) is 0 Å². The highest BCUT2D eigenvalue weighted by Crippen LogP contribution is 2.16. The molecule has 0 unspecified atom stereocenters. The first-order valence-corrected chi connectivity index (χ1v) is 7.98. The van der Waals surface area contributed by atoms with Gasteiger partial charge in [0.2, 0.25) is 5.95 Å². The van der Waals surface area contributed by atoms with Crippen molar-refractivity contribution >= 4 is 12.0 Å². The van der Waals surface area contributed by atoms with Crippen molar-refractivity contribution in [3.05, 3.63) is 18.5 Å². The van der Waals surface area contributed by atoms with E-state index in [-0.39, 0.29) is 18.2 Å². The summed E-state index contributed by atoms with van der Waals surface area (Å²) in [5.74, 6) is 0.761. The summed E-state index contributed by atoms with van der Waals surface area (Å²) in [5, 5.41) is 12.6. The van der Waals surface area contributed by atoms with Crippen LogP contribution in [0.3, 0.4) is 0 Å². The third-order valence-electron chi connectivity index (χ3n) is 4.41. The number of nitrogens with zero attached hydrogens (tertiary/aromatic N) is 4. The summed E-state index contributed by atoms with van der Waals surface area (Å²) in [6.07, 6.45) is 6.41. The van der Waals surface area contributed by atoms with Gasteiger partial charge in [-0.15, -0.1) is 0 Å². The lowest BCUT2D eigenvalue weighted by molar-refractivity contribution is 0.0925. The number of carbonyl (C=O) groups excluding carboxylic acids is 1. The van der Waals surface area contributed by atoms with Gasteiger partial charge in [0.15, 0.2) is 0 Å². The van der Waals surface area contributed by atoms with Crippen LogP contribution in [0.15, 0.2) is 18.5 Å². The van der Waals surface area contributed by atoms with Crippen LogP contribution in [-0.2, 0) is 0 Å². The summed E-state index contributed by atoms with van der Waals surface area (Å²) in [6.45, 7) is 2.99. The Hall–Kier alpha value is -1.89. The highest BCUT2D eigenvalue weighted by Gasteiger charge is 2.26. The van der Waals surface area contributed by atoms with Crippen molar-refractivity contribution in [2.75, 3.05) is 31.1 Å². The second-order valence-corrected chi connectivity index (χ2v) is 5.98. The number of piperidine rings is 2. The molecule has 2 aliphatic heterocycles. The maximum atomic E-state index is 12.2. The van der Waals surface area contributed by atoms with Crippen LogP contribution in [0.1, 0.15) is 25.7 Å². The SMILES string of the molecule is O=C(NC1CCN(c2ncccn2)CC1)N1CCC(O)CC1. The molecule has 0 bridgehead atoms. The molecule has 2 saturated heterocycles. The van der Waals surface area contributed by atoms with Crippen LogP contribution in [0.2, 0.25) is 0 Å². The number of urea groups is 1. The summed E-state index contributed by atoms with van der Waals surface area (Å²) in [4.78, 5) is 24.7. The fraction of sp³-hybridized carbons (Fsp3) is 0.667. The van der Waals surface area contributed by atoms with E-state index in [4.69, 9.17) is 0 Å². The quantitative estimate of drug-likeness (QED) is 0.837. The highest BCUT2D eigenvalue weighted by molar-refractivity contribution is 5.74. The fourth-order valence-corrected chi connectivity index (χ4v) is 3.01. The van der Waals surface area contributed by atoms with Crippen LogP contribution in [0.4, 0.5) is 10.7 Å². The zero-order valence-electron chi connectivity index (χ0n) is 12.7. The molecule has 0 atom stereocenters. The Morgan fingerprint density at radius 2 is 1.73 bits per heavy atom. The molecule has 120 valence electrons. The predicted octanol–water partition coefficient (Wildman–Crippen LogP) is 0.612. The van der Waals surface area contributed by atoms with E-state index in [0.717, 1.165) is 31.9 Å². The summed E-state index contributed by atoms with van der Waals surface area (Å²) in [6, 6.07) is 2.02. The van der Waals surface area contributed by atoms with E-state index in [0.29, 0.717) is 25.9 Å². The van der Waals surface area contributed by atoms with Crippen molar-refractivity contribution in [2.24, 2.45) is 0 Å². The van der Waals surface area contributed by atoms with E-state index >= 15 is 0 Å². The van der Waals surface area contributed by atoms with Crippen molar-refractivity contribution < 1.29 is 9.90 Å². The van der Waals surface area contributed by atoms with Crippen LogP contribution in [0, 0.1) is 0 Å². The Kier molecular flexibility index (Phi) is 4.72. The Labute approximate surface area is 130 Å². The molecule has 2 N–H and O–H groups in total. The maximum Gasteiger partial charge on any atom is 0.317 e. The largest absolute Gasteiger partial charge is 0.393 e. The molecule has 0 aliphatic carbocycles. The minimum atomic E-state index is -0.252. The number of anilines is 1. The van der Waals surface area contributed by atoms with Crippen molar-refractivity contribution in [1.82, 2.24) is 20.2 Å². The highest BCUT2D eigenvalue weighted by atomic mass is 16.3. The lowest BCUT2D eigenvalue weighted by atomic mass is 10.1. The minimum Gasteiger partial charge on any atom is -0.393 e. The molecule has 0 spiro atoms. The first-order valence-electron chi connectivity index (χ1n) is 7.98. The predicted molar refractivity (Wildman–Crippen MR) is 82.6 cm³/mol. The molecule has 2 amide bonds. The van der Waals surface area contributed by atoms with Crippen molar-refractivity contribution in [3.8, 4) is 0 Å². The molecule has 2 fully saturated rings. The van der Waals surface area contributed by atoms with Crippen LogP contribution in [-0.4, -0.2) is 64.3 Å². The van der Waals surface area contributed by atoms with E-state index in [1.54, 1.807) is 17.3 Å². The molecule has 2 aliphatic rings. The first kappa shape index (κ1) is 15.0. The number of hydrogen-bond donors (Lipinski definition) is 2. The number of nitrogens with one attached hydrogen (secondary N) is 1. The molecule has 1 aromatic heterocycles. The molecule has 0 radical (unpaired) electrons. The Morgan fingerprint density at radius 1 is 1.09 bits per heavy atom. The first-order chi connectivity index (χ1) is 10.7. The zero-order valence-corrected chi connectivity index (χ0v) is 12.7. The van der Waals surface area contributed by atoms with Gasteiger partial charge in [0.05, 0.1) is 6.10 Å². The average Bonchev–Trinajstić information content (AvgIpc) is 2.57. The average molecular weight is 305 g/mol. The van der Waals surface area contributed by atoms with Crippen molar-refractivity contribution in [2.45, 2.75) is 37.8 Å². The number of aliphatic hydroxyl groups excluding tert-OH is 1. The second-order valence-electron chi connectivity index (χ2n) is 5.98. The Bertz CT molecular complexity index is 482. The smallest absolute Gasteiger partial charge is 0.317 e. The summed E-state index contributed by atoms with van der Waals surface area (Å²) in [5.41, 5.74) is 0. The van der Waals surface area contributed by atoms with Gasteiger partial charge in [-0.2, -0.15) is 0 Å². The van der Waals surface area contributed by atoms with Crippen LogP contribution < -0.4 is 10.2 Å². The molecule has 7 heteroatoms.